The molecule has 6 heteroatoms. The molecule has 0 radical (unpaired) electrons. The van der Waals surface area contributed by atoms with Gasteiger partial charge in [0.15, 0.2) is 6.10 Å². The zero-order chi connectivity index (χ0) is 59.2. The molecule has 1 atom stereocenters. The molecule has 0 bridgehead atoms. The van der Waals surface area contributed by atoms with Crippen molar-refractivity contribution in [2.24, 2.45) is 0 Å². The number of unbranched alkanes of at least 4 members (excludes halogenated alkanes) is 55. The SMILES string of the molecule is CCCCCCC/C=C\C/C=C\CCCCCCCCCCCCCCCCCCCCCC(=O)OCC(COC(=O)CCCCCCCCCCCCCCC)OC(=O)CCCCCCCCCCCCCCCCCCCCCC. The van der Waals surface area contributed by atoms with Crippen molar-refractivity contribution in [3.63, 3.8) is 0 Å². The van der Waals surface area contributed by atoms with Crippen LogP contribution in [0.25, 0.3) is 0 Å². The van der Waals surface area contributed by atoms with Crippen LogP contribution < -0.4 is 0 Å². The highest BCUT2D eigenvalue weighted by molar-refractivity contribution is 5.71. The van der Waals surface area contributed by atoms with Gasteiger partial charge in [-0.25, -0.2) is 0 Å². The highest BCUT2D eigenvalue weighted by Gasteiger charge is 2.20. The lowest BCUT2D eigenvalue weighted by Gasteiger charge is -2.18. The van der Waals surface area contributed by atoms with Crippen LogP contribution in [0, 0.1) is 0 Å². The maximum atomic E-state index is 13.0. The summed E-state index contributed by atoms with van der Waals surface area (Å²) in [5.41, 5.74) is 0. The third-order valence-corrected chi connectivity index (χ3v) is 17.2. The molecule has 0 saturated carbocycles. The fraction of sp³-hybridized carbons (Fsp3) is 0.908. The van der Waals surface area contributed by atoms with Crippen molar-refractivity contribution in [3.8, 4) is 0 Å². The Labute approximate surface area is 513 Å². The minimum Gasteiger partial charge on any atom is -0.462 e. The largest absolute Gasteiger partial charge is 0.462 e. The van der Waals surface area contributed by atoms with E-state index in [-0.39, 0.29) is 31.1 Å². The van der Waals surface area contributed by atoms with Gasteiger partial charge in [-0.05, 0) is 51.4 Å². The summed E-state index contributed by atoms with van der Waals surface area (Å²) in [5, 5.41) is 0. The molecule has 0 spiro atoms. The topological polar surface area (TPSA) is 78.9 Å². The lowest BCUT2D eigenvalue weighted by atomic mass is 10.0. The summed E-state index contributed by atoms with van der Waals surface area (Å²) in [7, 11) is 0. The summed E-state index contributed by atoms with van der Waals surface area (Å²) in [4.78, 5) is 38.5. The number of ether oxygens (including phenoxy) is 3. The fourth-order valence-electron chi connectivity index (χ4n) is 11.6. The second-order valence-electron chi connectivity index (χ2n) is 25.6. The summed E-state index contributed by atoms with van der Waals surface area (Å²) in [6.45, 7) is 6.72. The van der Waals surface area contributed by atoms with E-state index in [1.165, 1.54) is 321 Å². The van der Waals surface area contributed by atoms with Crippen molar-refractivity contribution < 1.29 is 28.6 Å². The van der Waals surface area contributed by atoms with Gasteiger partial charge in [-0.15, -0.1) is 0 Å². The van der Waals surface area contributed by atoms with Crippen molar-refractivity contribution in [2.45, 2.75) is 431 Å². The average Bonchev–Trinajstić information content (AvgIpc) is 3.47. The number of hydrogen-bond acceptors (Lipinski definition) is 6. The second kappa shape index (κ2) is 71.4. The Bertz CT molecular complexity index is 1320. The van der Waals surface area contributed by atoms with E-state index in [4.69, 9.17) is 14.2 Å². The Morgan fingerprint density at radius 3 is 0.671 bits per heavy atom. The first-order valence-electron chi connectivity index (χ1n) is 37.3. The lowest BCUT2D eigenvalue weighted by Crippen LogP contribution is -2.30. The van der Waals surface area contributed by atoms with Gasteiger partial charge in [-0.1, -0.05) is 379 Å². The van der Waals surface area contributed by atoms with E-state index in [1.54, 1.807) is 0 Å². The zero-order valence-electron chi connectivity index (χ0n) is 55.8. The molecule has 0 fully saturated rings. The minimum atomic E-state index is -0.766. The molecule has 1 unspecified atom stereocenters. The molecule has 0 aromatic heterocycles. The molecule has 0 aliphatic carbocycles. The molecular weight excluding hydrogens is 1010 g/mol. The number of rotatable bonds is 70. The van der Waals surface area contributed by atoms with Crippen LogP contribution in [0.2, 0.25) is 0 Å². The van der Waals surface area contributed by atoms with Gasteiger partial charge in [0.05, 0.1) is 0 Å². The maximum Gasteiger partial charge on any atom is 0.306 e. The van der Waals surface area contributed by atoms with E-state index in [0.29, 0.717) is 19.3 Å². The summed E-state index contributed by atoms with van der Waals surface area (Å²) in [6, 6.07) is 0. The van der Waals surface area contributed by atoms with Crippen LogP contribution in [-0.2, 0) is 28.6 Å². The van der Waals surface area contributed by atoms with Crippen molar-refractivity contribution in [1.29, 1.82) is 0 Å². The van der Waals surface area contributed by atoms with Gasteiger partial charge in [-0.3, -0.25) is 14.4 Å². The normalized spacial score (nSPS) is 12.1. The van der Waals surface area contributed by atoms with Gasteiger partial charge in [0.2, 0.25) is 0 Å². The molecule has 0 amide bonds. The molecular formula is C76H144O6. The predicted molar refractivity (Wildman–Crippen MR) is 358 cm³/mol. The smallest absolute Gasteiger partial charge is 0.306 e. The third-order valence-electron chi connectivity index (χ3n) is 17.2. The van der Waals surface area contributed by atoms with E-state index in [0.717, 1.165) is 64.2 Å². The molecule has 0 aliphatic rings. The third kappa shape index (κ3) is 68.7. The van der Waals surface area contributed by atoms with E-state index in [2.05, 4.69) is 45.1 Å². The van der Waals surface area contributed by atoms with Crippen LogP contribution in [0.15, 0.2) is 24.3 Å². The maximum absolute atomic E-state index is 13.0. The van der Waals surface area contributed by atoms with Crippen LogP contribution in [0.5, 0.6) is 0 Å². The van der Waals surface area contributed by atoms with Crippen LogP contribution >= 0.6 is 0 Å². The molecule has 0 heterocycles. The standard InChI is InChI=1S/C76H144O6/c1-4-7-10-13-16-19-22-25-27-29-31-33-34-35-36-37-38-39-40-41-42-43-45-46-48-51-54-57-60-63-66-69-75(78)81-72-73(71-80-74(77)68-65-62-59-56-53-50-24-21-18-15-12-9-6-3)82-76(79)70-67-64-61-58-55-52-49-47-44-32-30-28-26-23-20-17-14-11-8-5-2/h22,25,29,31,73H,4-21,23-24,26-28,30,32-72H2,1-3H3/b25-22-,31-29-. The molecule has 0 aliphatic heterocycles. The first kappa shape index (κ1) is 79.9. The Kier molecular flexibility index (Phi) is 69.5. The number of hydrogen-bond donors (Lipinski definition) is 0. The van der Waals surface area contributed by atoms with Crippen LogP contribution in [0.1, 0.15) is 425 Å². The van der Waals surface area contributed by atoms with Gasteiger partial charge in [-0.2, -0.15) is 0 Å². The van der Waals surface area contributed by atoms with Crippen LogP contribution in [-0.4, -0.2) is 37.2 Å². The molecule has 6 nitrogen and oxygen atoms in total. The first-order chi connectivity index (χ1) is 40.5. The van der Waals surface area contributed by atoms with E-state index in [9.17, 15) is 14.4 Å². The second-order valence-corrected chi connectivity index (χ2v) is 25.6. The minimum absolute atomic E-state index is 0.0627. The molecule has 0 N–H and O–H groups in total. The highest BCUT2D eigenvalue weighted by Crippen LogP contribution is 2.19. The monoisotopic (exact) mass is 1150 g/mol. The summed E-state index contributed by atoms with van der Waals surface area (Å²) in [5.74, 6) is -0.825. The number of carbonyl (C=O) groups is 3. The Balaban J connectivity index is 4.14. The number of carbonyl (C=O) groups excluding carboxylic acids is 3. The Morgan fingerprint density at radius 1 is 0.244 bits per heavy atom. The van der Waals surface area contributed by atoms with Crippen LogP contribution in [0.4, 0.5) is 0 Å². The van der Waals surface area contributed by atoms with E-state index < -0.39 is 6.10 Å². The Hall–Kier alpha value is -2.11. The molecule has 0 aromatic rings. The van der Waals surface area contributed by atoms with Gasteiger partial charge in [0, 0.05) is 19.3 Å². The number of esters is 3. The van der Waals surface area contributed by atoms with Crippen molar-refractivity contribution in [3.05, 3.63) is 24.3 Å². The summed E-state index contributed by atoms with van der Waals surface area (Å²) in [6.07, 6.45) is 88.0. The quantitative estimate of drug-likeness (QED) is 0.0261. The molecule has 484 valence electrons. The summed E-state index contributed by atoms with van der Waals surface area (Å²) >= 11 is 0. The van der Waals surface area contributed by atoms with E-state index in [1.807, 2.05) is 0 Å². The van der Waals surface area contributed by atoms with Gasteiger partial charge >= 0.3 is 17.9 Å². The van der Waals surface area contributed by atoms with Crippen molar-refractivity contribution in [2.75, 3.05) is 13.2 Å². The summed E-state index contributed by atoms with van der Waals surface area (Å²) < 4.78 is 17.0. The van der Waals surface area contributed by atoms with Gasteiger partial charge in [0.25, 0.3) is 0 Å². The molecule has 0 saturated heterocycles. The zero-order valence-corrected chi connectivity index (χ0v) is 55.8. The fourth-order valence-corrected chi connectivity index (χ4v) is 11.6. The molecule has 0 rings (SSSR count). The van der Waals surface area contributed by atoms with Crippen molar-refractivity contribution in [1.82, 2.24) is 0 Å². The van der Waals surface area contributed by atoms with Gasteiger partial charge in [0.1, 0.15) is 13.2 Å². The van der Waals surface area contributed by atoms with Crippen molar-refractivity contribution >= 4 is 17.9 Å². The molecule has 0 aromatic carbocycles. The Morgan fingerprint density at radius 2 is 0.439 bits per heavy atom. The van der Waals surface area contributed by atoms with Crippen LogP contribution in [0.3, 0.4) is 0 Å². The van der Waals surface area contributed by atoms with E-state index >= 15 is 0 Å². The average molecular weight is 1150 g/mol. The number of allylic oxidation sites excluding steroid dienone is 4. The van der Waals surface area contributed by atoms with Gasteiger partial charge < -0.3 is 14.2 Å². The molecule has 82 heavy (non-hydrogen) atoms. The highest BCUT2D eigenvalue weighted by atomic mass is 16.6. The lowest BCUT2D eigenvalue weighted by molar-refractivity contribution is -0.167. The first-order valence-corrected chi connectivity index (χ1v) is 37.3. The predicted octanol–water partition coefficient (Wildman–Crippen LogP) is 25.7.